The molecule has 7 nitrogen and oxygen atoms in total. The Bertz CT molecular complexity index is 670. The summed E-state index contributed by atoms with van der Waals surface area (Å²) in [6.07, 6.45) is 2.72. The number of aromatic nitrogens is 3. The van der Waals surface area contributed by atoms with Crippen molar-refractivity contribution in [3.63, 3.8) is 0 Å². The maximum atomic E-state index is 11.8. The van der Waals surface area contributed by atoms with Gasteiger partial charge >= 0.3 is 6.09 Å². The summed E-state index contributed by atoms with van der Waals surface area (Å²) >= 11 is 0. The Morgan fingerprint density at radius 2 is 2.24 bits per heavy atom. The van der Waals surface area contributed by atoms with Crippen molar-refractivity contribution in [1.82, 2.24) is 15.1 Å². The highest BCUT2D eigenvalue weighted by Crippen LogP contribution is 2.17. The topological polar surface area (TPSA) is 89.3 Å². The van der Waals surface area contributed by atoms with Gasteiger partial charge in [-0.05, 0) is 32.1 Å². The minimum absolute atomic E-state index is 0.0720. The minimum atomic E-state index is -0.616. The molecule has 0 saturated carbocycles. The highest BCUT2D eigenvalue weighted by Gasteiger charge is 2.18. The summed E-state index contributed by atoms with van der Waals surface area (Å²) in [4.78, 5) is 13.1. The SMILES string of the molecule is CC(C)(C)OC(=O)Nn1nnc2cccc(/C=C\CO)c21. The number of rotatable bonds is 3. The lowest BCUT2D eigenvalue weighted by Gasteiger charge is -2.19. The molecule has 0 spiro atoms. The number of aliphatic hydroxyl groups excluding tert-OH is 1. The maximum absolute atomic E-state index is 11.8. The van der Waals surface area contributed by atoms with E-state index in [4.69, 9.17) is 9.84 Å². The average molecular weight is 290 g/mol. The largest absolute Gasteiger partial charge is 0.443 e. The standard InChI is InChI=1S/C14H18N4O3/c1-14(2,3)21-13(20)16-18-12-10(7-5-9-19)6-4-8-11(12)15-17-18/h4-8,19H,9H2,1-3H3,(H,16,20)/b7-5-. The van der Waals surface area contributed by atoms with Gasteiger partial charge in [0.05, 0.1) is 6.61 Å². The molecule has 1 amide bonds. The summed E-state index contributed by atoms with van der Waals surface area (Å²) < 4.78 is 5.18. The molecule has 2 N–H and O–H groups in total. The number of carbonyl (C=O) groups excluding carboxylic acids is 1. The van der Waals surface area contributed by atoms with Crippen LogP contribution in [-0.2, 0) is 4.74 Å². The quantitative estimate of drug-likeness (QED) is 0.901. The number of hydrogen-bond donors (Lipinski definition) is 2. The van der Waals surface area contributed by atoms with Crippen LogP contribution in [0.4, 0.5) is 4.79 Å². The van der Waals surface area contributed by atoms with Crippen LogP contribution in [0.25, 0.3) is 17.1 Å². The summed E-state index contributed by atoms with van der Waals surface area (Å²) in [5.74, 6) is 0. The molecule has 0 aliphatic carbocycles. The fourth-order valence-corrected chi connectivity index (χ4v) is 1.78. The van der Waals surface area contributed by atoms with Gasteiger partial charge in [-0.1, -0.05) is 24.3 Å². The van der Waals surface area contributed by atoms with Crippen LogP contribution in [0, 0.1) is 0 Å². The van der Waals surface area contributed by atoms with Crippen molar-refractivity contribution in [2.45, 2.75) is 26.4 Å². The van der Waals surface area contributed by atoms with Gasteiger partial charge in [-0.3, -0.25) is 0 Å². The molecule has 1 aromatic heterocycles. The minimum Gasteiger partial charge on any atom is -0.443 e. The van der Waals surface area contributed by atoms with Gasteiger partial charge in [0.25, 0.3) is 0 Å². The van der Waals surface area contributed by atoms with Crippen molar-refractivity contribution in [3.8, 4) is 0 Å². The molecule has 7 heteroatoms. The van der Waals surface area contributed by atoms with E-state index in [1.165, 1.54) is 4.79 Å². The van der Waals surface area contributed by atoms with E-state index in [-0.39, 0.29) is 6.61 Å². The molecule has 0 bridgehead atoms. The first-order valence-corrected chi connectivity index (χ1v) is 6.52. The van der Waals surface area contributed by atoms with Crippen molar-refractivity contribution < 1.29 is 14.6 Å². The first-order valence-electron chi connectivity index (χ1n) is 6.52. The summed E-state index contributed by atoms with van der Waals surface area (Å²) in [7, 11) is 0. The van der Waals surface area contributed by atoms with Crippen LogP contribution in [-0.4, -0.2) is 38.5 Å². The molecule has 0 atom stereocenters. The van der Waals surface area contributed by atoms with E-state index in [0.717, 1.165) is 5.56 Å². The summed E-state index contributed by atoms with van der Waals surface area (Å²) in [5, 5.41) is 16.8. The Morgan fingerprint density at radius 1 is 1.48 bits per heavy atom. The van der Waals surface area contributed by atoms with Crippen molar-refractivity contribution >= 4 is 23.2 Å². The third-order valence-electron chi connectivity index (χ3n) is 2.50. The van der Waals surface area contributed by atoms with Gasteiger partial charge in [0.15, 0.2) is 0 Å². The summed E-state index contributed by atoms with van der Waals surface area (Å²) in [6.45, 7) is 5.27. The second-order valence-electron chi connectivity index (χ2n) is 5.41. The van der Waals surface area contributed by atoms with Crippen molar-refractivity contribution in [1.29, 1.82) is 0 Å². The Kier molecular flexibility index (Phi) is 4.23. The second-order valence-corrected chi connectivity index (χ2v) is 5.41. The smallest absolute Gasteiger partial charge is 0.428 e. The third kappa shape index (κ3) is 3.79. The number of nitrogens with one attached hydrogen (secondary N) is 1. The number of nitrogens with zero attached hydrogens (tertiary/aromatic N) is 3. The van der Waals surface area contributed by atoms with Crippen LogP contribution in [0.2, 0.25) is 0 Å². The van der Waals surface area contributed by atoms with Gasteiger partial charge in [-0.2, -0.15) is 0 Å². The molecule has 0 aliphatic heterocycles. The maximum Gasteiger partial charge on any atom is 0.428 e. The fourth-order valence-electron chi connectivity index (χ4n) is 1.78. The van der Waals surface area contributed by atoms with Crippen LogP contribution < -0.4 is 5.43 Å². The lowest BCUT2D eigenvalue weighted by Crippen LogP contribution is -2.32. The van der Waals surface area contributed by atoms with Crippen LogP contribution in [0.3, 0.4) is 0 Å². The zero-order valence-electron chi connectivity index (χ0n) is 12.2. The van der Waals surface area contributed by atoms with Gasteiger partial charge in [0, 0.05) is 5.56 Å². The predicted octanol–water partition coefficient (Wildman–Crippen LogP) is 1.92. The van der Waals surface area contributed by atoms with E-state index < -0.39 is 11.7 Å². The molecule has 0 saturated heterocycles. The predicted molar refractivity (Wildman–Crippen MR) is 79.2 cm³/mol. The first kappa shape index (κ1) is 15.0. The number of aliphatic hydroxyl groups is 1. The van der Waals surface area contributed by atoms with E-state index in [9.17, 15) is 4.79 Å². The summed E-state index contributed by atoms with van der Waals surface area (Å²) in [6, 6.07) is 5.45. The summed E-state index contributed by atoms with van der Waals surface area (Å²) in [5.41, 5.74) is 3.97. The monoisotopic (exact) mass is 290 g/mol. The van der Waals surface area contributed by atoms with Crippen LogP contribution in [0.15, 0.2) is 24.3 Å². The van der Waals surface area contributed by atoms with Crippen molar-refractivity contribution in [2.24, 2.45) is 0 Å². The van der Waals surface area contributed by atoms with Crippen LogP contribution in [0.1, 0.15) is 26.3 Å². The normalized spacial score (nSPS) is 12.0. The Morgan fingerprint density at radius 3 is 2.90 bits per heavy atom. The highest BCUT2D eigenvalue weighted by atomic mass is 16.6. The Balaban J connectivity index is 2.32. The third-order valence-corrected chi connectivity index (χ3v) is 2.50. The van der Waals surface area contributed by atoms with Crippen LogP contribution in [0.5, 0.6) is 0 Å². The van der Waals surface area contributed by atoms with Gasteiger partial charge < -0.3 is 9.84 Å². The number of carbonyl (C=O) groups is 1. The number of benzene rings is 1. The highest BCUT2D eigenvalue weighted by molar-refractivity contribution is 5.87. The Labute approximate surface area is 122 Å². The van der Waals surface area contributed by atoms with Crippen molar-refractivity contribution in [2.75, 3.05) is 12.0 Å². The zero-order chi connectivity index (χ0) is 15.5. The molecule has 2 rings (SSSR count). The van der Waals surface area contributed by atoms with Crippen LogP contribution >= 0.6 is 0 Å². The average Bonchev–Trinajstić information content (AvgIpc) is 2.78. The molecule has 112 valence electrons. The van der Waals surface area contributed by atoms with Gasteiger partial charge in [0.2, 0.25) is 0 Å². The van der Waals surface area contributed by atoms with Gasteiger partial charge in [-0.25, -0.2) is 10.2 Å². The molecule has 0 radical (unpaired) electrons. The van der Waals surface area contributed by atoms with Gasteiger partial charge in [0.1, 0.15) is 16.6 Å². The van der Waals surface area contributed by atoms with E-state index in [1.807, 2.05) is 12.1 Å². The van der Waals surface area contributed by atoms with E-state index in [0.29, 0.717) is 11.0 Å². The molecule has 2 aromatic rings. The van der Waals surface area contributed by atoms with Gasteiger partial charge in [-0.15, -0.1) is 9.89 Å². The molecule has 1 heterocycles. The van der Waals surface area contributed by atoms with E-state index in [2.05, 4.69) is 15.7 Å². The first-order chi connectivity index (χ1) is 9.90. The number of amides is 1. The number of ether oxygens (including phenoxy) is 1. The Hall–Kier alpha value is -2.41. The number of para-hydroxylation sites is 1. The zero-order valence-corrected chi connectivity index (χ0v) is 12.2. The molecular formula is C14H18N4O3. The molecule has 0 fully saturated rings. The lowest BCUT2D eigenvalue weighted by atomic mass is 10.1. The fraction of sp³-hybridized carbons (Fsp3) is 0.357. The molecule has 0 aliphatic rings. The van der Waals surface area contributed by atoms with E-state index in [1.54, 1.807) is 39.0 Å². The molecule has 0 unspecified atom stereocenters. The second kappa shape index (κ2) is 5.92. The lowest BCUT2D eigenvalue weighted by molar-refractivity contribution is 0.0610. The van der Waals surface area contributed by atoms with Crippen molar-refractivity contribution in [3.05, 3.63) is 29.8 Å². The number of hydrogen-bond acceptors (Lipinski definition) is 5. The number of fused-ring (bicyclic) bond motifs is 1. The molecular weight excluding hydrogens is 272 g/mol. The van der Waals surface area contributed by atoms with E-state index >= 15 is 0 Å². The molecule has 1 aromatic carbocycles. The molecule has 21 heavy (non-hydrogen) atoms.